The van der Waals surface area contributed by atoms with Crippen molar-refractivity contribution in [1.82, 2.24) is 10.2 Å². The molecule has 1 N–H and O–H groups in total. The maximum atomic E-state index is 12.9. The van der Waals surface area contributed by atoms with Crippen LogP contribution >= 0.6 is 0 Å². The van der Waals surface area contributed by atoms with E-state index >= 15 is 0 Å². The summed E-state index contributed by atoms with van der Waals surface area (Å²) < 4.78 is 5.76. The molecule has 0 radical (unpaired) electrons. The Morgan fingerprint density at radius 3 is 2.59 bits per heavy atom. The number of piperidine rings is 1. The van der Waals surface area contributed by atoms with Crippen molar-refractivity contribution >= 4 is 5.91 Å². The predicted octanol–water partition coefficient (Wildman–Crippen LogP) is 2.37. The van der Waals surface area contributed by atoms with Crippen LogP contribution in [0.2, 0.25) is 0 Å². The van der Waals surface area contributed by atoms with Gasteiger partial charge >= 0.3 is 0 Å². The molecule has 2 saturated heterocycles. The van der Waals surface area contributed by atoms with E-state index in [1.54, 1.807) is 0 Å². The monoisotopic (exact) mass is 302 g/mol. The van der Waals surface area contributed by atoms with Gasteiger partial charge in [0, 0.05) is 26.2 Å². The highest BCUT2D eigenvalue weighted by Crippen LogP contribution is 2.37. The summed E-state index contributed by atoms with van der Waals surface area (Å²) >= 11 is 0. The average Bonchev–Trinajstić information content (AvgIpc) is 3.02. The minimum atomic E-state index is -0.457. The Bertz CT molecular complexity index is 487. The van der Waals surface area contributed by atoms with E-state index in [1.807, 2.05) is 42.2 Å². The summed E-state index contributed by atoms with van der Waals surface area (Å²) in [6.45, 7) is 6.45. The van der Waals surface area contributed by atoms with Gasteiger partial charge in [-0.3, -0.25) is 4.79 Å². The smallest absolute Gasteiger partial charge is 0.256 e. The van der Waals surface area contributed by atoms with Crippen LogP contribution in [0.1, 0.15) is 37.9 Å². The number of hydrogen-bond acceptors (Lipinski definition) is 3. The maximum Gasteiger partial charge on any atom is 0.256 e. The van der Waals surface area contributed by atoms with E-state index in [0.717, 1.165) is 44.6 Å². The van der Waals surface area contributed by atoms with Gasteiger partial charge in [-0.2, -0.15) is 0 Å². The number of likely N-dealkylation sites (tertiary alicyclic amines) is 1. The number of nitrogens with zero attached hydrogens (tertiary/aromatic N) is 1. The molecule has 2 fully saturated rings. The van der Waals surface area contributed by atoms with Gasteiger partial charge in [-0.1, -0.05) is 30.3 Å². The zero-order valence-corrected chi connectivity index (χ0v) is 13.4. The maximum absolute atomic E-state index is 12.9. The van der Waals surface area contributed by atoms with Crippen LogP contribution in [0.25, 0.3) is 0 Å². The first-order valence-electron chi connectivity index (χ1n) is 8.40. The van der Waals surface area contributed by atoms with Gasteiger partial charge in [0.25, 0.3) is 5.91 Å². The number of carbonyl (C=O) groups excluding carboxylic acids is 1. The molecule has 1 unspecified atom stereocenters. The van der Waals surface area contributed by atoms with Crippen LogP contribution in [0.5, 0.6) is 0 Å². The molecule has 0 bridgehead atoms. The summed E-state index contributed by atoms with van der Waals surface area (Å²) in [5.41, 5.74) is 1.39. The zero-order chi connectivity index (χ0) is 15.4. The summed E-state index contributed by atoms with van der Waals surface area (Å²) in [6.07, 6.45) is 3.02. The minimum absolute atomic E-state index is 0.119. The number of rotatable bonds is 4. The molecule has 1 spiro atoms. The standard InChI is InChI=1S/C18H26N2O2/c1-2-22-16(15-6-4-3-5-7-15)17(21)20-12-9-18(10-13-20)8-11-19-14-18/h3-7,16,19H,2,8-14H2,1H3. The van der Waals surface area contributed by atoms with E-state index in [1.165, 1.54) is 6.42 Å². The zero-order valence-electron chi connectivity index (χ0n) is 13.4. The van der Waals surface area contributed by atoms with E-state index in [2.05, 4.69) is 5.32 Å². The molecule has 0 aliphatic carbocycles. The highest BCUT2D eigenvalue weighted by Gasteiger charge is 2.39. The van der Waals surface area contributed by atoms with E-state index in [-0.39, 0.29) is 5.91 Å². The molecule has 1 aromatic rings. The van der Waals surface area contributed by atoms with Crippen molar-refractivity contribution in [3.05, 3.63) is 35.9 Å². The largest absolute Gasteiger partial charge is 0.364 e. The summed E-state index contributed by atoms with van der Waals surface area (Å²) in [5.74, 6) is 0.119. The Morgan fingerprint density at radius 2 is 2.00 bits per heavy atom. The second kappa shape index (κ2) is 6.80. The lowest BCUT2D eigenvalue weighted by molar-refractivity contribution is -0.146. The molecule has 1 amide bonds. The molecule has 3 rings (SSSR count). The number of carbonyl (C=O) groups is 1. The van der Waals surface area contributed by atoms with Gasteiger partial charge in [-0.05, 0) is 43.7 Å². The molecule has 4 nitrogen and oxygen atoms in total. The van der Waals surface area contributed by atoms with Gasteiger partial charge in [-0.15, -0.1) is 0 Å². The number of benzene rings is 1. The van der Waals surface area contributed by atoms with Crippen LogP contribution in [0.3, 0.4) is 0 Å². The second-order valence-corrected chi connectivity index (χ2v) is 6.50. The van der Waals surface area contributed by atoms with Gasteiger partial charge in [0.15, 0.2) is 6.10 Å². The van der Waals surface area contributed by atoms with Crippen molar-refractivity contribution in [2.45, 2.75) is 32.3 Å². The quantitative estimate of drug-likeness (QED) is 0.928. The third-order valence-electron chi connectivity index (χ3n) is 5.13. The second-order valence-electron chi connectivity index (χ2n) is 6.50. The molecule has 22 heavy (non-hydrogen) atoms. The third kappa shape index (κ3) is 3.18. The van der Waals surface area contributed by atoms with Crippen molar-refractivity contribution < 1.29 is 9.53 Å². The Hall–Kier alpha value is -1.39. The highest BCUT2D eigenvalue weighted by atomic mass is 16.5. The lowest BCUT2D eigenvalue weighted by atomic mass is 9.77. The Morgan fingerprint density at radius 1 is 1.27 bits per heavy atom. The van der Waals surface area contributed by atoms with Crippen molar-refractivity contribution in [3.63, 3.8) is 0 Å². The predicted molar refractivity (Wildman–Crippen MR) is 86.5 cm³/mol. The Kier molecular flexibility index (Phi) is 4.79. The lowest BCUT2D eigenvalue weighted by Crippen LogP contribution is -2.46. The fraction of sp³-hybridized carbons (Fsp3) is 0.611. The van der Waals surface area contributed by atoms with Crippen molar-refractivity contribution in [1.29, 1.82) is 0 Å². The number of ether oxygens (including phenoxy) is 1. The van der Waals surface area contributed by atoms with E-state index in [9.17, 15) is 4.79 Å². The van der Waals surface area contributed by atoms with E-state index in [0.29, 0.717) is 12.0 Å². The number of amides is 1. The Balaban J connectivity index is 1.66. The topological polar surface area (TPSA) is 41.6 Å². The lowest BCUT2D eigenvalue weighted by Gasteiger charge is -2.40. The van der Waals surface area contributed by atoms with Crippen molar-refractivity contribution in [3.8, 4) is 0 Å². The first-order chi connectivity index (χ1) is 10.7. The molecule has 0 aromatic heterocycles. The number of nitrogens with one attached hydrogen (secondary N) is 1. The van der Waals surface area contributed by atoms with E-state index in [4.69, 9.17) is 4.74 Å². The van der Waals surface area contributed by atoms with Crippen LogP contribution in [-0.4, -0.2) is 43.6 Å². The fourth-order valence-corrected chi connectivity index (χ4v) is 3.69. The van der Waals surface area contributed by atoms with Gasteiger partial charge in [0.05, 0.1) is 0 Å². The van der Waals surface area contributed by atoms with Crippen LogP contribution in [0.15, 0.2) is 30.3 Å². The number of hydrogen-bond donors (Lipinski definition) is 1. The molecule has 1 aromatic carbocycles. The van der Waals surface area contributed by atoms with Gasteiger partial charge in [-0.25, -0.2) is 0 Å². The molecule has 2 heterocycles. The normalized spacial score (nSPS) is 22.0. The van der Waals surface area contributed by atoms with Crippen LogP contribution in [0.4, 0.5) is 0 Å². The van der Waals surface area contributed by atoms with Gasteiger partial charge in [0.2, 0.25) is 0 Å². The molecule has 4 heteroatoms. The first-order valence-corrected chi connectivity index (χ1v) is 8.40. The third-order valence-corrected chi connectivity index (χ3v) is 5.13. The van der Waals surface area contributed by atoms with Crippen LogP contribution in [-0.2, 0) is 9.53 Å². The molecular weight excluding hydrogens is 276 g/mol. The highest BCUT2D eigenvalue weighted by molar-refractivity contribution is 5.82. The molecular formula is C18H26N2O2. The minimum Gasteiger partial charge on any atom is -0.364 e. The molecule has 2 aliphatic rings. The molecule has 120 valence electrons. The average molecular weight is 302 g/mol. The summed E-state index contributed by atoms with van der Waals surface area (Å²) in [4.78, 5) is 14.9. The van der Waals surface area contributed by atoms with Crippen LogP contribution in [0, 0.1) is 5.41 Å². The Labute approximate surface area is 132 Å². The van der Waals surface area contributed by atoms with Gasteiger partial charge < -0.3 is 15.0 Å². The molecule has 1 atom stereocenters. The fourth-order valence-electron chi connectivity index (χ4n) is 3.69. The van der Waals surface area contributed by atoms with E-state index < -0.39 is 6.10 Å². The summed E-state index contributed by atoms with van der Waals surface area (Å²) in [5, 5.41) is 3.47. The molecule has 0 saturated carbocycles. The molecule has 2 aliphatic heterocycles. The summed E-state index contributed by atoms with van der Waals surface area (Å²) in [6, 6.07) is 9.85. The van der Waals surface area contributed by atoms with Crippen molar-refractivity contribution in [2.24, 2.45) is 5.41 Å². The summed E-state index contributed by atoms with van der Waals surface area (Å²) in [7, 11) is 0. The van der Waals surface area contributed by atoms with Crippen molar-refractivity contribution in [2.75, 3.05) is 32.8 Å². The first kappa shape index (κ1) is 15.5. The SMILES string of the molecule is CCOC(C(=O)N1CCC2(CCNC2)CC1)c1ccccc1. The van der Waals surface area contributed by atoms with Gasteiger partial charge in [0.1, 0.15) is 0 Å². The van der Waals surface area contributed by atoms with Crippen LogP contribution < -0.4 is 5.32 Å².